The molecule has 2 atom stereocenters. The van der Waals surface area contributed by atoms with Gasteiger partial charge in [-0.3, -0.25) is 9.59 Å². The maximum Gasteiger partial charge on any atom is 0.308 e. The Hall–Kier alpha value is -2.40. The van der Waals surface area contributed by atoms with E-state index < -0.39 is 11.9 Å². The number of ether oxygens (including phenoxy) is 1. The average Bonchev–Trinajstić information content (AvgIpc) is 2.65. The fraction of sp³-hybridized carbons (Fsp3) is 0.400. The normalized spacial score (nSPS) is 18.6. The summed E-state index contributed by atoms with van der Waals surface area (Å²) in [5, 5.41) is 14.5. The van der Waals surface area contributed by atoms with Gasteiger partial charge in [-0.25, -0.2) is 0 Å². The Kier molecular flexibility index (Phi) is 5.66. The second-order valence-electron chi connectivity index (χ2n) is 6.54. The molecule has 2 N–H and O–H groups in total. The monoisotopic (exact) mass is 341 g/mol. The number of fused-ring (bicyclic) bond motifs is 1. The van der Waals surface area contributed by atoms with Crippen LogP contribution in [0.4, 0.5) is 0 Å². The van der Waals surface area contributed by atoms with Crippen LogP contribution < -0.4 is 5.32 Å². The Morgan fingerprint density at radius 2 is 2.00 bits per heavy atom. The molecule has 0 saturated carbocycles. The summed E-state index contributed by atoms with van der Waals surface area (Å²) in [5.41, 5.74) is 0.987. The second-order valence-corrected chi connectivity index (χ2v) is 6.54. The Morgan fingerprint density at radius 3 is 2.76 bits per heavy atom. The van der Waals surface area contributed by atoms with Crippen molar-refractivity contribution in [1.29, 1.82) is 0 Å². The summed E-state index contributed by atoms with van der Waals surface area (Å²) < 4.78 is 5.32. The van der Waals surface area contributed by atoms with E-state index in [0.29, 0.717) is 19.6 Å². The number of aliphatic carboxylic acids is 1. The molecule has 2 aromatic carbocycles. The third-order valence-electron chi connectivity index (χ3n) is 4.75. The van der Waals surface area contributed by atoms with E-state index in [-0.39, 0.29) is 18.4 Å². The van der Waals surface area contributed by atoms with Gasteiger partial charge in [0, 0.05) is 13.2 Å². The first-order valence-corrected chi connectivity index (χ1v) is 8.70. The zero-order valence-corrected chi connectivity index (χ0v) is 14.1. The highest BCUT2D eigenvalue weighted by molar-refractivity contribution is 5.86. The van der Waals surface area contributed by atoms with Crippen LogP contribution >= 0.6 is 0 Å². The van der Waals surface area contributed by atoms with Crippen molar-refractivity contribution in [1.82, 2.24) is 5.32 Å². The molecule has 3 rings (SSSR count). The molecule has 1 aliphatic rings. The van der Waals surface area contributed by atoms with Gasteiger partial charge in [0.25, 0.3) is 0 Å². The molecule has 1 fully saturated rings. The number of hydrogen-bond acceptors (Lipinski definition) is 3. The Bertz CT molecular complexity index is 747. The van der Waals surface area contributed by atoms with E-state index >= 15 is 0 Å². The minimum absolute atomic E-state index is 0.108. The SMILES string of the molecule is O=C(O)C(CNC(=O)C1CCCOC1)Cc1cccc2ccccc12. The minimum Gasteiger partial charge on any atom is -0.481 e. The van der Waals surface area contributed by atoms with Gasteiger partial charge in [0.05, 0.1) is 18.4 Å². The van der Waals surface area contributed by atoms with Crippen molar-refractivity contribution in [3.63, 3.8) is 0 Å². The molecule has 5 nitrogen and oxygen atoms in total. The van der Waals surface area contributed by atoms with E-state index in [1.54, 1.807) is 0 Å². The summed E-state index contributed by atoms with van der Waals surface area (Å²) in [6.45, 7) is 1.25. The fourth-order valence-corrected chi connectivity index (χ4v) is 3.30. The van der Waals surface area contributed by atoms with E-state index in [1.807, 2.05) is 42.5 Å². The first-order chi connectivity index (χ1) is 12.1. The molecule has 5 heteroatoms. The highest BCUT2D eigenvalue weighted by Crippen LogP contribution is 2.21. The molecule has 2 aromatic rings. The van der Waals surface area contributed by atoms with Gasteiger partial charge in [0.15, 0.2) is 0 Å². The van der Waals surface area contributed by atoms with Crippen molar-refractivity contribution in [2.45, 2.75) is 19.3 Å². The number of carboxylic acids is 1. The van der Waals surface area contributed by atoms with E-state index in [2.05, 4.69) is 5.32 Å². The molecule has 2 unspecified atom stereocenters. The lowest BCUT2D eigenvalue weighted by molar-refractivity contribution is -0.141. The maximum absolute atomic E-state index is 12.2. The van der Waals surface area contributed by atoms with Crippen molar-refractivity contribution in [2.24, 2.45) is 11.8 Å². The fourth-order valence-electron chi connectivity index (χ4n) is 3.30. The van der Waals surface area contributed by atoms with Gasteiger partial charge >= 0.3 is 5.97 Å². The second kappa shape index (κ2) is 8.12. The number of nitrogens with one attached hydrogen (secondary N) is 1. The van der Waals surface area contributed by atoms with Crippen molar-refractivity contribution >= 4 is 22.6 Å². The van der Waals surface area contributed by atoms with Crippen molar-refractivity contribution < 1.29 is 19.4 Å². The molecule has 0 aromatic heterocycles. The summed E-state index contributed by atoms with van der Waals surface area (Å²) in [4.78, 5) is 23.9. The molecule has 0 bridgehead atoms. The van der Waals surface area contributed by atoms with E-state index in [1.165, 1.54) is 0 Å². The number of benzene rings is 2. The summed E-state index contributed by atoms with van der Waals surface area (Å²) in [6, 6.07) is 13.8. The molecule has 1 heterocycles. The molecule has 1 aliphatic heterocycles. The van der Waals surface area contributed by atoms with Crippen molar-refractivity contribution in [3.05, 3.63) is 48.0 Å². The smallest absolute Gasteiger partial charge is 0.308 e. The topological polar surface area (TPSA) is 75.6 Å². The molecule has 0 aliphatic carbocycles. The molecule has 0 spiro atoms. The van der Waals surface area contributed by atoms with Crippen LogP contribution in [0.2, 0.25) is 0 Å². The van der Waals surface area contributed by atoms with Gasteiger partial charge in [0.1, 0.15) is 0 Å². The van der Waals surface area contributed by atoms with Crippen LogP contribution in [0.3, 0.4) is 0 Å². The molecule has 132 valence electrons. The van der Waals surface area contributed by atoms with Crippen LogP contribution in [-0.4, -0.2) is 36.7 Å². The molecule has 0 radical (unpaired) electrons. The van der Waals surface area contributed by atoms with Crippen LogP contribution in [0.5, 0.6) is 0 Å². The van der Waals surface area contributed by atoms with Crippen LogP contribution in [-0.2, 0) is 20.7 Å². The van der Waals surface area contributed by atoms with Gasteiger partial charge in [-0.2, -0.15) is 0 Å². The number of carboxylic acid groups (broad SMARTS) is 1. The van der Waals surface area contributed by atoms with Crippen molar-refractivity contribution in [2.75, 3.05) is 19.8 Å². The highest BCUT2D eigenvalue weighted by Gasteiger charge is 2.24. The predicted molar refractivity (Wildman–Crippen MR) is 95.3 cm³/mol. The quantitative estimate of drug-likeness (QED) is 0.847. The van der Waals surface area contributed by atoms with E-state index in [4.69, 9.17) is 4.74 Å². The first kappa shape index (κ1) is 17.4. The lowest BCUT2D eigenvalue weighted by atomic mass is 9.94. The highest BCUT2D eigenvalue weighted by atomic mass is 16.5. The summed E-state index contributed by atoms with van der Waals surface area (Å²) in [6.07, 6.45) is 2.06. The van der Waals surface area contributed by atoms with Crippen LogP contribution in [0.25, 0.3) is 10.8 Å². The number of carbonyl (C=O) groups is 2. The number of rotatable bonds is 6. The first-order valence-electron chi connectivity index (χ1n) is 8.70. The summed E-state index contributed by atoms with van der Waals surface area (Å²) in [7, 11) is 0. The molecule has 25 heavy (non-hydrogen) atoms. The summed E-state index contributed by atoms with van der Waals surface area (Å²) >= 11 is 0. The Labute approximate surface area is 147 Å². The maximum atomic E-state index is 12.2. The number of hydrogen-bond donors (Lipinski definition) is 2. The van der Waals surface area contributed by atoms with E-state index in [0.717, 1.165) is 29.2 Å². The largest absolute Gasteiger partial charge is 0.481 e. The molecule has 1 amide bonds. The number of carbonyl (C=O) groups excluding carboxylic acids is 1. The Morgan fingerprint density at radius 1 is 1.20 bits per heavy atom. The van der Waals surface area contributed by atoms with Gasteiger partial charge in [-0.1, -0.05) is 42.5 Å². The standard InChI is InChI=1S/C20H23NO4/c22-19(16-8-4-10-25-13-16)21-12-17(20(23)24)11-15-7-3-6-14-5-1-2-9-18(14)15/h1-3,5-7,9,16-17H,4,8,10-13H2,(H,21,22)(H,23,24). The lowest BCUT2D eigenvalue weighted by Gasteiger charge is -2.22. The molecule has 1 saturated heterocycles. The zero-order chi connectivity index (χ0) is 17.6. The molecular formula is C20H23NO4. The summed E-state index contributed by atoms with van der Waals surface area (Å²) in [5.74, 6) is -1.82. The van der Waals surface area contributed by atoms with Gasteiger partial charge in [-0.05, 0) is 35.6 Å². The Balaban J connectivity index is 1.67. The predicted octanol–water partition coefficient (Wildman–Crippen LogP) is 2.63. The average molecular weight is 341 g/mol. The van der Waals surface area contributed by atoms with Crippen LogP contribution in [0, 0.1) is 11.8 Å². The van der Waals surface area contributed by atoms with E-state index in [9.17, 15) is 14.7 Å². The van der Waals surface area contributed by atoms with Gasteiger partial charge in [0.2, 0.25) is 5.91 Å². The van der Waals surface area contributed by atoms with Crippen LogP contribution in [0.1, 0.15) is 18.4 Å². The van der Waals surface area contributed by atoms with Crippen LogP contribution in [0.15, 0.2) is 42.5 Å². The minimum atomic E-state index is -0.895. The third kappa shape index (κ3) is 4.37. The van der Waals surface area contributed by atoms with Gasteiger partial charge in [-0.15, -0.1) is 0 Å². The molecular weight excluding hydrogens is 318 g/mol. The third-order valence-corrected chi connectivity index (χ3v) is 4.75. The number of amides is 1. The van der Waals surface area contributed by atoms with Crippen molar-refractivity contribution in [3.8, 4) is 0 Å². The zero-order valence-electron chi connectivity index (χ0n) is 14.1. The van der Waals surface area contributed by atoms with Gasteiger partial charge < -0.3 is 15.2 Å². The lowest BCUT2D eigenvalue weighted by Crippen LogP contribution is -2.40.